The van der Waals surface area contributed by atoms with Gasteiger partial charge < -0.3 is 1.43 Å². The Kier molecular flexibility index (Phi) is 3.28. The molecule has 1 heteroatoms. The van der Waals surface area contributed by atoms with Crippen molar-refractivity contribution in [1.82, 2.24) is 0 Å². The van der Waals surface area contributed by atoms with E-state index >= 15 is 0 Å². The summed E-state index contributed by atoms with van der Waals surface area (Å²) in [5.41, 5.74) is 3.52. The number of allylic oxidation sites excluding steroid dienone is 8. The van der Waals surface area contributed by atoms with Crippen LogP contribution in [0, 0.1) is 5.41 Å². The van der Waals surface area contributed by atoms with E-state index in [1.165, 1.54) is 0 Å². The van der Waals surface area contributed by atoms with Crippen molar-refractivity contribution < 1.29 is 26.1 Å². The van der Waals surface area contributed by atoms with E-state index in [2.05, 4.69) is 57.2 Å². The van der Waals surface area contributed by atoms with Gasteiger partial charge in [-0.15, -0.1) is 0 Å². The average molecular weight is 292 g/mol. The third-order valence-corrected chi connectivity index (χ3v) is 7.05. The summed E-state index contributed by atoms with van der Waals surface area (Å²) in [4.78, 5) is 0. The quantitative estimate of drug-likeness (QED) is 0.696. The van der Waals surface area contributed by atoms with Gasteiger partial charge in [0.15, 0.2) is 0 Å². The van der Waals surface area contributed by atoms with Crippen LogP contribution in [0.15, 0.2) is 47.6 Å². The zero-order valence-electron chi connectivity index (χ0n) is 11.4. The van der Waals surface area contributed by atoms with Gasteiger partial charge in [0.05, 0.1) is 0 Å². The van der Waals surface area contributed by atoms with E-state index < -0.39 is 0 Å². The fraction of sp³-hybridized carbons (Fsp3) is 0.467. The molecule has 0 aromatic heterocycles. The van der Waals surface area contributed by atoms with Crippen molar-refractivity contribution in [2.75, 3.05) is 0 Å². The minimum atomic E-state index is 0. The van der Waals surface area contributed by atoms with Crippen LogP contribution in [0.3, 0.4) is 0 Å². The zero-order chi connectivity index (χ0) is 11.8. The van der Waals surface area contributed by atoms with Crippen LogP contribution >= 0.6 is 0 Å². The second-order valence-corrected chi connectivity index (χ2v) is 7.49. The second kappa shape index (κ2) is 4.26. The summed E-state index contributed by atoms with van der Waals surface area (Å²) in [5, 5.41) is 0. The van der Waals surface area contributed by atoms with Crippen LogP contribution in [-0.2, 0) is 24.7 Å². The van der Waals surface area contributed by atoms with E-state index in [4.69, 9.17) is 0 Å². The molecule has 0 atom stereocenters. The molecule has 0 saturated carbocycles. The molecule has 0 amide bonds. The molecule has 0 heterocycles. The molecule has 0 fully saturated rings. The molecule has 0 aliphatic heterocycles. The molecule has 2 aliphatic carbocycles. The van der Waals surface area contributed by atoms with Crippen molar-refractivity contribution >= 4 is 0 Å². The Morgan fingerprint density at radius 3 is 1.69 bits per heavy atom. The summed E-state index contributed by atoms with van der Waals surface area (Å²) in [5.74, 6) is 0. The van der Waals surface area contributed by atoms with Crippen molar-refractivity contribution in [2.45, 2.75) is 36.7 Å². The average Bonchev–Trinajstić information content (AvgIpc) is 2.88. The monoisotopic (exact) mass is 290 g/mol. The molecule has 0 aromatic rings. The van der Waals surface area contributed by atoms with E-state index in [0.717, 1.165) is 12.8 Å². The molecule has 0 unspecified atom stereocenters. The van der Waals surface area contributed by atoms with Crippen LogP contribution in [-0.4, -0.2) is 0 Å². The molecule has 0 radical (unpaired) electrons. The van der Waals surface area contributed by atoms with E-state index in [1.54, 1.807) is 35.9 Å². The van der Waals surface area contributed by atoms with Gasteiger partial charge in [-0.3, -0.25) is 0 Å². The molecule has 0 spiro atoms. The molecule has 0 N–H and O–H groups in total. The Hall–Kier alpha value is -0.157. The minimum absolute atomic E-state index is 0. The predicted octanol–water partition coefficient (Wildman–Crippen LogP) is 4.62. The van der Waals surface area contributed by atoms with Gasteiger partial charge in [-0.1, -0.05) is 0 Å². The number of rotatable bonds is 2. The van der Waals surface area contributed by atoms with E-state index in [9.17, 15) is 0 Å². The number of hydrogen-bond acceptors (Lipinski definition) is 0. The Morgan fingerprint density at radius 2 is 1.44 bits per heavy atom. The minimum Gasteiger partial charge on any atom is -1.00 e. The summed E-state index contributed by atoms with van der Waals surface area (Å²) in [6, 6.07) is 0. The second-order valence-electron chi connectivity index (χ2n) is 5.65. The van der Waals surface area contributed by atoms with Crippen LogP contribution in [0.2, 0.25) is 3.12 Å². The van der Waals surface area contributed by atoms with Gasteiger partial charge in [0.25, 0.3) is 0 Å². The van der Waals surface area contributed by atoms with Crippen molar-refractivity contribution in [2.24, 2.45) is 5.41 Å². The zero-order valence-corrected chi connectivity index (χ0v) is 12.8. The van der Waals surface area contributed by atoms with Crippen LogP contribution in [0.25, 0.3) is 0 Å². The van der Waals surface area contributed by atoms with Gasteiger partial charge >= 0.3 is 114 Å². The molecule has 0 saturated heterocycles. The van der Waals surface area contributed by atoms with Crippen molar-refractivity contribution in [3.05, 3.63) is 47.6 Å². The van der Waals surface area contributed by atoms with Crippen LogP contribution in [0.4, 0.5) is 0 Å². The largest absolute Gasteiger partial charge is 1.00 e. The van der Waals surface area contributed by atoms with E-state index in [1.807, 2.05) is 0 Å². The maximum absolute atomic E-state index is 2.38. The van der Waals surface area contributed by atoms with E-state index in [0.29, 0.717) is 5.41 Å². The maximum atomic E-state index is 2.38. The Bertz CT molecular complexity index is 375. The standard InChI is InChI=1S/C15H19.Zr.H/c1-15(2,3)14(12-8-4-5-9-12)13-10-6-7-11-13;;/h4-8,10H,9,11H2,1-3H3;;/q;;-1. The fourth-order valence-corrected chi connectivity index (χ4v) is 3.53. The van der Waals surface area contributed by atoms with Gasteiger partial charge in [-0.2, -0.15) is 0 Å². The molecular formula is C15H20Zr-. The first-order chi connectivity index (χ1) is 7.46. The first kappa shape index (κ1) is 12.3. The van der Waals surface area contributed by atoms with Gasteiger partial charge in [-0.25, -0.2) is 0 Å². The molecule has 16 heavy (non-hydrogen) atoms. The first-order valence-corrected chi connectivity index (χ1v) is 7.16. The Balaban J connectivity index is 0.00000144. The van der Waals surface area contributed by atoms with Crippen molar-refractivity contribution in [3.63, 3.8) is 0 Å². The van der Waals surface area contributed by atoms with Crippen LogP contribution < -0.4 is 0 Å². The Labute approximate surface area is 116 Å². The Morgan fingerprint density at radius 1 is 1.00 bits per heavy atom. The molecule has 0 bridgehead atoms. The molecule has 2 aliphatic rings. The predicted molar refractivity (Wildman–Crippen MR) is 66.9 cm³/mol. The molecule has 85 valence electrons. The SMILES string of the molecule is CC(C)(C)[C]([Zr])(C1=CC=CC1)C1=CC=CC1.[H-]. The van der Waals surface area contributed by atoms with Crippen LogP contribution in [0.1, 0.15) is 35.0 Å². The summed E-state index contributed by atoms with van der Waals surface area (Å²) >= 11 is 1.62. The molecular weight excluding hydrogens is 271 g/mol. The van der Waals surface area contributed by atoms with Gasteiger partial charge in [0.2, 0.25) is 0 Å². The molecule has 0 nitrogen and oxygen atoms in total. The third kappa shape index (κ3) is 1.88. The number of hydrogen-bond donors (Lipinski definition) is 0. The molecule has 0 aromatic carbocycles. The van der Waals surface area contributed by atoms with E-state index in [-0.39, 0.29) is 4.55 Å². The molecule has 2 rings (SSSR count). The van der Waals surface area contributed by atoms with Crippen LogP contribution in [0.5, 0.6) is 0 Å². The van der Waals surface area contributed by atoms with Crippen molar-refractivity contribution in [1.29, 1.82) is 0 Å². The first-order valence-electron chi connectivity index (χ1n) is 5.93. The van der Waals surface area contributed by atoms with Gasteiger partial charge in [0, 0.05) is 0 Å². The summed E-state index contributed by atoms with van der Waals surface area (Å²) in [7, 11) is 0. The third-order valence-electron chi connectivity index (χ3n) is 3.63. The normalized spacial score (nSPS) is 20.1. The maximum Gasteiger partial charge on any atom is -1.00 e. The topological polar surface area (TPSA) is 0 Å². The fourth-order valence-electron chi connectivity index (χ4n) is 2.62. The summed E-state index contributed by atoms with van der Waals surface area (Å²) in [6.45, 7) is 7.12. The van der Waals surface area contributed by atoms with Gasteiger partial charge in [0.1, 0.15) is 0 Å². The summed E-state index contributed by atoms with van der Waals surface area (Å²) in [6.07, 6.45) is 15.9. The smallest absolute Gasteiger partial charge is 1.00 e. The van der Waals surface area contributed by atoms with Gasteiger partial charge in [-0.05, 0) is 0 Å². The summed E-state index contributed by atoms with van der Waals surface area (Å²) < 4.78 is 0.284. The van der Waals surface area contributed by atoms with Crippen molar-refractivity contribution in [3.8, 4) is 0 Å².